The summed E-state index contributed by atoms with van der Waals surface area (Å²) in [6.45, 7) is -3.68. The Morgan fingerprint density at radius 2 is 0.596 bits per heavy atom. The zero-order chi connectivity index (χ0) is 42.0. The summed E-state index contributed by atoms with van der Waals surface area (Å²) in [7, 11) is 1.29. The van der Waals surface area contributed by atoms with Gasteiger partial charge < -0.3 is 132 Å². The second-order valence-electron chi connectivity index (χ2n) is 14.6. The van der Waals surface area contributed by atoms with Crippen LogP contribution < -0.4 is 28.7 Å². The lowest BCUT2D eigenvalue weighted by molar-refractivity contribution is -0.364. The number of rotatable bonds is 14. The molecule has 5 fully saturated rings. The minimum absolute atomic E-state index is 0.575. The molecular weight excluding hydrogens is 778 g/mol. The molecule has 57 heavy (non-hydrogen) atoms. The van der Waals surface area contributed by atoms with Gasteiger partial charge in [0.1, 0.15) is 91.6 Å². The zero-order valence-corrected chi connectivity index (χ0v) is 30.9. The van der Waals surface area contributed by atoms with Crippen LogP contribution in [0.1, 0.15) is 0 Å². The van der Waals surface area contributed by atoms with Gasteiger partial charge in [-0.05, 0) is 0 Å². The predicted octanol–water partition coefficient (Wildman–Crippen LogP) is -11.4. The van der Waals surface area contributed by atoms with Crippen LogP contribution in [0.4, 0.5) is 0 Å². The van der Waals surface area contributed by atoms with Gasteiger partial charge >= 0.3 is 0 Å². The van der Waals surface area contributed by atoms with E-state index in [2.05, 4.69) is 0 Å². The standard InChI is InChI=1S/C31H59N5O21/c1-48-22-7(2-37)50-28(13(33)18(22)43)55-24-9(4-39)52-30(15(35)20(24)45)57-26-11(6-41)53-31(16(36)21(26)46)56-25-10(5-40)51-29(14(34)19(25)44)54-23-8(3-38)49-27(47)12(32)17(23)42/h7-31,37-47H,2-6,32-36H2,1H3. The summed E-state index contributed by atoms with van der Waals surface area (Å²) in [6.07, 6.45) is -29.2. The van der Waals surface area contributed by atoms with Crippen LogP contribution in [0.15, 0.2) is 0 Å². The first-order chi connectivity index (χ1) is 27.1. The summed E-state index contributed by atoms with van der Waals surface area (Å²) in [6, 6.07) is -6.97. The van der Waals surface area contributed by atoms with Gasteiger partial charge in [0.05, 0.1) is 63.2 Å². The van der Waals surface area contributed by atoms with Crippen LogP contribution in [0.3, 0.4) is 0 Å². The van der Waals surface area contributed by atoms with Gasteiger partial charge in [-0.3, -0.25) is 0 Å². The van der Waals surface area contributed by atoms with E-state index in [9.17, 15) is 56.2 Å². The molecule has 5 heterocycles. The van der Waals surface area contributed by atoms with Gasteiger partial charge in [-0.1, -0.05) is 0 Å². The van der Waals surface area contributed by atoms with Crippen molar-refractivity contribution in [2.24, 2.45) is 28.7 Å². The van der Waals surface area contributed by atoms with E-state index in [1.54, 1.807) is 0 Å². The normalized spacial score (nSPS) is 52.5. The molecule has 0 bridgehead atoms. The van der Waals surface area contributed by atoms with Gasteiger partial charge in [0.15, 0.2) is 31.5 Å². The summed E-state index contributed by atoms with van der Waals surface area (Å²) in [4.78, 5) is 0. The Hall–Kier alpha value is -1.04. The second kappa shape index (κ2) is 20.2. The Bertz CT molecular complexity index is 1230. The van der Waals surface area contributed by atoms with E-state index in [4.69, 9.17) is 76.0 Å². The van der Waals surface area contributed by atoms with Crippen LogP contribution in [0, 0.1) is 0 Å². The number of ether oxygens (including phenoxy) is 10. The molecular formula is C31H59N5O21. The van der Waals surface area contributed by atoms with Crippen molar-refractivity contribution in [2.45, 2.75) is 153 Å². The topological polar surface area (TPSA) is 445 Å². The van der Waals surface area contributed by atoms with Crippen LogP contribution in [0.2, 0.25) is 0 Å². The third kappa shape index (κ3) is 9.56. The first-order valence-corrected chi connectivity index (χ1v) is 18.4. The fraction of sp³-hybridized carbons (Fsp3) is 1.00. The second-order valence-corrected chi connectivity index (χ2v) is 14.6. The maximum absolute atomic E-state index is 11.3. The highest BCUT2D eigenvalue weighted by molar-refractivity contribution is 5.01. The molecule has 25 unspecified atom stereocenters. The smallest absolute Gasteiger partial charge is 0.176 e. The molecule has 5 aliphatic rings. The highest BCUT2D eigenvalue weighted by Crippen LogP contribution is 2.34. The molecule has 0 spiro atoms. The molecule has 5 rings (SSSR count). The van der Waals surface area contributed by atoms with Gasteiger partial charge in [0, 0.05) is 7.11 Å². The number of hydrogen-bond donors (Lipinski definition) is 16. The molecule has 0 saturated carbocycles. The van der Waals surface area contributed by atoms with E-state index in [0.717, 1.165) is 0 Å². The minimum Gasteiger partial charge on any atom is -0.394 e. The van der Waals surface area contributed by atoms with E-state index in [-0.39, 0.29) is 0 Å². The van der Waals surface area contributed by atoms with Gasteiger partial charge in [0.2, 0.25) is 0 Å². The lowest BCUT2D eigenvalue weighted by Gasteiger charge is -2.50. The predicted molar refractivity (Wildman–Crippen MR) is 181 cm³/mol. The average Bonchev–Trinajstić information content (AvgIpc) is 3.20. The maximum atomic E-state index is 11.3. The van der Waals surface area contributed by atoms with Crippen LogP contribution >= 0.6 is 0 Å². The minimum atomic E-state index is -1.73. The Kier molecular flexibility index (Phi) is 16.7. The molecule has 334 valence electrons. The van der Waals surface area contributed by atoms with Gasteiger partial charge in [-0.15, -0.1) is 0 Å². The van der Waals surface area contributed by atoms with Crippen LogP contribution in [0.25, 0.3) is 0 Å². The van der Waals surface area contributed by atoms with Crippen molar-refractivity contribution < 1.29 is 104 Å². The monoisotopic (exact) mass is 837 g/mol. The molecule has 26 nitrogen and oxygen atoms in total. The molecule has 0 radical (unpaired) electrons. The molecule has 25 atom stereocenters. The quantitative estimate of drug-likeness (QED) is 0.0772. The van der Waals surface area contributed by atoms with E-state index < -0.39 is 186 Å². The number of nitrogens with two attached hydrogens (primary N) is 5. The number of aliphatic hydroxyl groups is 11. The molecule has 0 aromatic heterocycles. The summed E-state index contributed by atoms with van der Waals surface area (Å²) in [5.74, 6) is 0. The Morgan fingerprint density at radius 3 is 0.860 bits per heavy atom. The number of methoxy groups -OCH3 is 1. The molecule has 21 N–H and O–H groups in total. The summed E-state index contributed by atoms with van der Waals surface area (Å²) < 4.78 is 56.8. The van der Waals surface area contributed by atoms with Crippen molar-refractivity contribution in [3.8, 4) is 0 Å². The van der Waals surface area contributed by atoms with Crippen molar-refractivity contribution >= 4 is 0 Å². The Morgan fingerprint density at radius 1 is 0.368 bits per heavy atom. The van der Waals surface area contributed by atoms with Gasteiger partial charge in [0.25, 0.3) is 0 Å². The van der Waals surface area contributed by atoms with Crippen LogP contribution in [-0.2, 0) is 47.4 Å². The SMILES string of the molecule is COC1C(CO)OC(OC2C(CO)OC(OC3C(CO)OC(OC4C(CO)OC(OC5C(CO)OC(O)C(N)C5O)C(N)C4O)C(N)C3O)C(N)C2O)C(N)C1O. The molecule has 26 heteroatoms. The molecule has 0 amide bonds. The third-order valence-electron chi connectivity index (χ3n) is 11.0. The zero-order valence-electron chi connectivity index (χ0n) is 30.9. The van der Waals surface area contributed by atoms with Crippen LogP contribution in [-0.4, -0.2) is 250 Å². The maximum Gasteiger partial charge on any atom is 0.176 e. The van der Waals surface area contributed by atoms with E-state index >= 15 is 0 Å². The average molecular weight is 838 g/mol. The molecule has 5 saturated heterocycles. The Labute approximate surface area is 325 Å². The first-order valence-electron chi connectivity index (χ1n) is 18.4. The van der Waals surface area contributed by atoms with Crippen LogP contribution in [0.5, 0.6) is 0 Å². The van der Waals surface area contributed by atoms with Crippen molar-refractivity contribution in [3.63, 3.8) is 0 Å². The highest BCUT2D eigenvalue weighted by Gasteiger charge is 2.55. The van der Waals surface area contributed by atoms with E-state index in [1.165, 1.54) is 7.11 Å². The first kappa shape index (κ1) is 47.0. The lowest BCUT2D eigenvalue weighted by atomic mass is 9.94. The van der Waals surface area contributed by atoms with Gasteiger partial charge in [-0.25, -0.2) is 0 Å². The Balaban J connectivity index is 1.22. The highest BCUT2D eigenvalue weighted by atomic mass is 16.8. The van der Waals surface area contributed by atoms with Crippen molar-refractivity contribution in [2.75, 3.05) is 40.1 Å². The number of aliphatic hydroxyl groups excluding tert-OH is 11. The third-order valence-corrected chi connectivity index (χ3v) is 11.0. The molecule has 5 aliphatic heterocycles. The van der Waals surface area contributed by atoms with Crippen molar-refractivity contribution in [3.05, 3.63) is 0 Å². The van der Waals surface area contributed by atoms with Gasteiger partial charge in [-0.2, -0.15) is 0 Å². The summed E-state index contributed by atoms with van der Waals surface area (Å²) >= 11 is 0. The van der Waals surface area contributed by atoms with Crippen molar-refractivity contribution in [1.29, 1.82) is 0 Å². The molecule has 0 aromatic carbocycles. The number of hydrogen-bond acceptors (Lipinski definition) is 26. The lowest BCUT2D eigenvalue weighted by Crippen LogP contribution is -2.70. The van der Waals surface area contributed by atoms with E-state index in [0.29, 0.717) is 0 Å². The van der Waals surface area contributed by atoms with Crippen molar-refractivity contribution in [1.82, 2.24) is 0 Å². The fourth-order valence-corrected chi connectivity index (χ4v) is 7.53. The largest absolute Gasteiger partial charge is 0.394 e. The van der Waals surface area contributed by atoms with E-state index in [1.807, 2.05) is 0 Å². The summed E-state index contributed by atoms with van der Waals surface area (Å²) in [5.41, 5.74) is 30.6. The summed E-state index contributed by atoms with van der Waals surface area (Å²) in [5, 5.41) is 115. The molecule has 0 aliphatic carbocycles. The molecule has 0 aromatic rings. The fourth-order valence-electron chi connectivity index (χ4n) is 7.53.